The number of benzene rings is 1. The van der Waals surface area contributed by atoms with Gasteiger partial charge in [-0.1, -0.05) is 69.7 Å². The first-order valence-electron chi connectivity index (χ1n) is 15.5. The van der Waals surface area contributed by atoms with Crippen molar-refractivity contribution in [1.82, 2.24) is 5.32 Å². The number of carboxylic acids is 3. The fourth-order valence-electron chi connectivity index (χ4n) is 4.85. The summed E-state index contributed by atoms with van der Waals surface area (Å²) in [6, 6.07) is 4.09. The topological polar surface area (TPSA) is 224 Å². The van der Waals surface area contributed by atoms with Crippen LogP contribution in [-0.2, 0) is 40.4 Å². The molecule has 3 atom stereocenters. The van der Waals surface area contributed by atoms with Crippen LogP contribution in [0.5, 0.6) is 0 Å². The number of carbonyl (C=O) groups excluding carboxylic acids is 2. The van der Waals surface area contributed by atoms with Gasteiger partial charge < -0.3 is 25.7 Å². The highest BCUT2D eigenvalue weighted by Gasteiger charge is 2.49. The number of aliphatic hydroxyl groups is 1. The van der Waals surface area contributed by atoms with Gasteiger partial charge in [-0.05, 0) is 43.4 Å². The van der Waals surface area contributed by atoms with Gasteiger partial charge in [0.15, 0.2) is 5.60 Å². The van der Waals surface area contributed by atoms with Crippen LogP contribution in [0, 0.1) is 5.92 Å². The van der Waals surface area contributed by atoms with E-state index in [4.69, 9.17) is 0 Å². The smallest absolute Gasteiger partial charge is 0.337 e. The molecule has 6 N–H and O–H groups in total. The maximum absolute atomic E-state index is 13.2. The number of hydrogen-bond acceptors (Lipinski definition) is 8. The minimum absolute atomic E-state index is 0.231. The molecule has 1 aromatic carbocycles. The molecule has 0 spiro atoms. The number of sulfonamides is 1. The second-order valence-corrected chi connectivity index (χ2v) is 13.3. The standard InChI is InChI=1S/C32H48N2O11S/c1-3-4-5-8-11-14-25(35)15-12-9-6-7-10-13-16-26(32(43,31(41)42)22-28(36)37)29(38)33-27(30(39)40)21-23-17-19-24(20-18-23)34-46(2,44)45/h13,16-20,26-27,34,43H,3-12,14-15,21-22H2,1-2H3,(H,33,38)(H,36,37)(H,39,40)(H,41,42)/t26-,27+,32+/m1/s1. The summed E-state index contributed by atoms with van der Waals surface area (Å²) in [5.41, 5.74) is -2.44. The second kappa shape index (κ2) is 20.4. The van der Waals surface area contributed by atoms with E-state index in [0.717, 1.165) is 57.3 Å². The van der Waals surface area contributed by atoms with E-state index >= 15 is 0 Å². The average Bonchev–Trinajstić information content (AvgIpc) is 2.95. The molecule has 0 fully saturated rings. The highest BCUT2D eigenvalue weighted by Crippen LogP contribution is 2.26. The van der Waals surface area contributed by atoms with Gasteiger partial charge in [0.25, 0.3) is 0 Å². The van der Waals surface area contributed by atoms with Crippen LogP contribution in [0.3, 0.4) is 0 Å². The SMILES string of the molecule is CCCCCCCC(=O)CCCCCCC=C[C@H](C(=O)N[C@@H](Cc1ccc(NS(C)(=O)=O)cc1)C(=O)O)[C@@](O)(CC(=O)O)C(=O)O. The van der Waals surface area contributed by atoms with Crippen LogP contribution in [0.1, 0.15) is 96.0 Å². The van der Waals surface area contributed by atoms with Crippen molar-refractivity contribution in [2.75, 3.05) is 11.0 Å². The van der Waals surface area contributed by atoms with Gasteiger partial charge in [-0.3, -0.25) is 19.1 Å². The minimum Gasteiger partial charge on any atom is -0.481 e. The minimum atomic E-state index is -3.54. The van der Waals surface area contributed by atoms with Crippen LogP contribution in [0.15, 0.2) is 36.4 Å². The Hall–Kier alpha value is -3.78. The van der Waals surface area contributed by atoms with Gasteiger partial charge in [0.05, 0.1) is 18.6 Å². The van der Waals surface area contributed by atoms with Crippen molar-refractivity contribution in [2.45, 2.75) is 108 Å². The number of aliphatic carboxylic acids is 3. The third kappa shape index (κ3) is 16.0. The number of amides is 1. The van der Waals surface area contributed by atoms with Crippen LogP contribution in [0.4, 0.5) is 5.69 Å². The molecule has 0 radical (unpaired) electrons. The number of carbonyl (C=O) groups is 5. The van der Waals surface area contributed by atoms with Gasteiger partial charge in [0.1, 0.15) is 11.8 Å². The molecule has 0 aliphatic heterocycles. The number of Topliss-reactive ketones (excluding diaryl/α,β-unsaturated/α-hetero) is 1. The van der Waals surface area contributed by atoms with Crippen LogP contribution >= 0.6 is 0 Å². The Kier molecular flexibility index (Phi) is 17.8. The molecule has 0 aliphatic rings. The Bertz CT molecular complexity index is 1300. The second-order valence-electron chi connectivity index (χ2n) is 11.5. The van der Waals surface area contributed by atoms with Crippen LogP contribution in [0.25, 0.3) is 0 Å². The summed E-state index contributed by atoms with van der Waals surface area (Å²) in [6.07, 6.45) is 11.7. The van der Waals surface area contributed by atoms with Gasteiger partial charge >= 0.3 is 17.9 Å². The number of nitrogens with one attached hydrogen (secondary N) is 2. The van der Waals surface area contributed by atoms with Crippen molar-refractivity contribution in [3.8, 4) is 0 Å². The summed E-state index contributed by atoms with van der Waals surface area (Å²) in [6.45, 7) is 2.14. The molecule has 46 heavy (non-hydrogen) atoms. The van der Waals surface area contributed by atoms with E-state index in [-0.39, 0.29) is 17.9 Å². The third-order valence-corrected chi connectivity index (χ3v) is 7.97. The van der Waals surface area contributed by atoms with Crippen molar-refractivity contribution < 1.29 is 52.8 Å². The number of unbranched alkanes of at least 4 members (excludes halogenated alkanes) is 8. The number of anilines is 1. The molecule has 258 valence electrons. The predicted octanol–water partition coefficient (Wildman–Crippen LogP) is 3.90. The molecule has 0 unspecified atom stereocenters. The maximum Gasteiger partial charge on any atom is 0.337 e. The van der Waals surface area contributed by atoms with E-state index in [9.17, 15) is 52.8 Å². The third-order valence-electron chi connectivity index (χ3n) is 7.36. The molecular weight excluding hydrogens is 620 g/mol. The molecule has 0 saturated heterocycles. The van der Waals surface area contributed by atoms with Crippen LogP contribution in [0.2, 0.25) is 0 Å². The van der Waals surface area contributed by atoms with E-state index in [1.54, 1.807) is 0 Å². The van der Waals surface area contributed by atoms with E-state index in [1.807, 2.05) is 0 Å². The lowest BCUT2D eigenvalue weighted by Gasteiger charge is -2.29. The molecule has 1 amide bonds. The molecule has 13 nitrogen and oxygen atoms in total. The Morgan fingerprint density at radius 2 is 1.43 bits per heavy atom. The Morgan fingerprint density at radius 3 is 1.93 bits per heavy atom. The highest BCUT2D eigenvalue weighted by molar-refractivity contribution is 7.92. The van der Waals surface area contributed by atoms with Gasteiger partial charge in [-0.2, -0.15) is 0 Å². The zero-order chi connectivity index (χ0) is 34.8. The first kappa shape index (κ1) is 40.2. The number of ketones is 1. The first-order chi connectivity index (χ1) is 21.6. The summed E-state index contributed by atoms with van der Waals surface area (Å²) >= 11 is 0. The zero-order valence-corrected chi connectivity index (χ0v) is 27.4. The fourth-order valence-corrected chi connectivity index (χ4v) is 5.42. The molecule has 0 aromatic heterocycles. The molecule has 0 aliphatic carbocycles. The summed E-state index contributed by atoms with van der Waals surface area (Å²) in [5.74, 6) is -7.99. The lowest BCUT2D eigenvalue weighted by atomic mass is 9.82. The van der Waals surface area contributed by atoms with E-state index < -0.39 is 57.8 Å². The number of hydrogen-bond donors (Lipinski definition) is 6. The van der Waals surface area contributed by atoms with E-state index in [1.165, 1.54) is 36.8 Å². The largest absolute Gasteiger partial charge is 0.481 e. The maximum atomic E-state index is 13.2. The monoisotopic (exact) mass is 668 g/mol. The summed E-state index contributed by atoms with van der Waals surface area (Å²) in [4.78, 5) is 60.7. The number of carboxylic acid groups (broad SMARTS) is 3. The van der Waals surface area contributed by atoms with Gasteiger partial charge in [-0.15, -0.1) is 0 Å². The van der Waals surface area contributed by atoms with Crippen LogP contribution in [-0.4, -0.2) is 76.3 Å². The van der Waals surface area contributed by atoms with Gasteiger partial charge in [-0.25, -0.2) is 18.0 Å². The normalized spacial score (nSPS) is 14.2. The lowest BCUT2D eigenvalue weighted by Crippen LogP contribution is -2.55. The zero-order valence-electron chi connectivity index (χ0n) is 26.6. The summed E-state index contributed by atoms with van der Waals surface area (Å²) < 4.78 is 25.1. The van der Waals surface area contributed by atoms with Crippen molar-refractivity contribution in [3.05, 3.63) is 42.0 Å². The molecule has 1 rings (SSSR count). The van der Waals surface area contributed by atoms with Crippen molar-refractivity contribution in [2.24, 2.45) is 5.92 Å². The molecule has 0 saturated carbocycles. The Balaban J connectivity index is 2.86. The molecule has 0 bridgehead atoms. The first-order valence-corrected chi connectivity index (χ1v) is 17.4. The van der Waals surface area contributed by atoms with E-state index in [2.05, 4.69) is 17.0 Å². The molecule has 0 heterocycles. The highest BCUT2D eigenvalue weighted by atomic mass is 32.2. The summed E-state index contributed by atoms with van der Waals surface area (Å²) in [7, 11) is -3.54. The van der Waals surface area contributed by atoms with Crippen molar-refractivity contribution in [1.29, 1.82) is 0 Å². The lowest BCUT2D eigenvalue weighted by molar-refractivity contribution is -0.172. The summed E-state index contributed by atoms with van der Waals surface area (Å²) in [5, 5.41) is 41.8. The average molecular weight is 669 g/mol. The fraction of sp³-hybridized carbons (Fsp3) is 0.594. The van der Waals surface area contributed by atoms with E-state index in [0.29, 0.717) is 31.2 Å². The van der Waals surface area contributed by atoms with Gasteiger partial charge in [0.2, 0.25) is 15.9 Å². The van der Waals surface area contributed by atoms with Gasteiger partial charge in [0, 0.05) is 24.9 Å². The van der Waals surface area contributed by atoms with Crippen molar-refractivity contribution >= 4 is 45.3 Å². The quantitative estimate of drug-likeness (QED) is 0.0647. The predicted molar refractivity (Wildman–Crippen MR) is 172 cm³/mol. The van der Waals surface area contributed by atoms with Crippen LogP contribution < -0.4 is 10.0 Å². The van der Waals surface area contributed by atoms with Crippen molar-refractivity contribution in [3.63, 3.8) is 0 Å². The molecular formula is C32H48N2O11S. The Labute approximate surface area is 270 Å². The molecule has 14 heteroatoms. The molecule has 1 aromatic rings. The Morgan fingerprint density at radius 1 is 0.870 bits per heavy atom. The number of allylic oxidation sites excluding steroid dienone is 1. The number of rotatable bonds is 25.